The van der Waals surface area contributed by atoms with Gasteiger partial charge in [-0.05, 0) is 46.9 Å². The van der Waals surface area contributed by atoms with Gasteiger partial charge in [0.15, 0.2) is 0 Å². The summed E-state index contributed by atoms with van der Waals surface area (Å²) in [4.78, 5) is 23.8. The van der Waals surface area contributed by atoms with Gasteiger partial charge in [-0.2, -0.15) is 0 Å². The van der Waals surface area contributed by atoms with Gasteiger partial charge in [0, 0.05) is 29.1 Å². The SMILES string of the molecule is CC1(C)OC(=O)C(=Cc2ccc(-c3ccc(I)cc3)o2)C(=O)O1. The van der Waals surface area contributed by atoms with E-state index < -0.39 is 17.7 Å². The molecule has 0 atom stereocenters. The van der Waals surface area contributed by atoms with E-state index in [0.717, 1.165) is 9.13 Å². The third-order valence-corrected chi connectivity index (χ3v) is 3.88. The molecular formula is C17H13IO5. The monoisotopic (exact) mass is 424 g/mol. The Morgan fingerprint density at radius 2 is 1.57 bits per heavy atom. The molecule has 1 aromatic heterocycles. The molecule has 23 heavy (non-hydrogen) atoms. The molecule has 0 spiro atoms. The van der Waals surface area contributed by atoms with Crippen molar-refractivity contribution in [1.82, 2.24) is 0 Å². The highest BCUT2D eigenvalue weighted by Crippen LogP contribution is 2.27. The van der Waals surface area contributed by atoms with Gasteiger partial charge >= 0.3 is 11.9 Å². The highest BCUT2D eigenvalue weighted by molar-refractivity contribution is 14.1. The van der Waals surface area contributed by atoms with Crippen molar-refractivity contribution in [2.24, 2.45) is 0 Å². The van der Waals surface area contributed by atoms with E-state index in [1.165, 1.54) is 19.9 Å². The Balaban J connectivity index is 1.87. The fraction of sp³-hybridized carbons (Fsp3) is 0.176. The fourth-order valence-corrected chi connectivity index (χ4v) is 2.48. The molecule has 2 heterocycles. The summed E-state index contributed by atoms with van der Waals surface area (Å²) in [6, 6.07) is 11.3. The lowest BCUT2D eigenvalue weighted by Crippen LogP contribution is -2.41. The first kappa shape index (κ1) is 15.8. The lowest BCUT2D eigenvalue weighted by atomic mass is 10.2. The van der Waals surface area contributed by atoms with E-state index in [1.807, 2.05) is 24.3 Å². The van der Waals surface area contributed by atoms with Crippen LogP contribution in [0.3, 0.4) is 0 Å². The Morgan fingerprint density at radius 1 is 0.957 bits per heavy atom. The molecule has 1 aliphatic heterocycles. The van der Waals surface area contributed by atoms with Crippen LogP contribution >= 0.6 is 22.6 Å². The second kappa shape index (κ2) is 5.84. The van der Waals surface area contributed by atoms with Crippen molar-refractivity contribution in [3.8, 4) is 11.3 Å². The zero-order valence-electron chi connectivity index (χ0n) is 12.5. The van der Waals surface area contributed by atoms with Crippen LogP contribution in [0.5, 0.6) is 0 Å². The maximum absolute atomic E-state index is 11.9. The zero-order valence-corrected chi connectivity index (χ0v) is 14.6. The summed E-state index contributed by atoms with van der Waals surface area (Å²) < 4.78 is 16.9. The number of carbonyl (C=O) groups is 2. The van der Waals surface area contributed by atoms with E-state index in [0.29, 0.717) is 11.5 Å². The summed E-state index contributed by atoms with van der Waals surface area (Å²) in [6.07, 6.45) is 1.33. The molecule has 0 bridgehead atoms. The van der Waals surface area contributed by atoms with E-state index in [1.54, 1.807) is 12.1 Å². The van der Waals surface area contributed by atoms with Gasteiger partial charge in [-0.3, -0.25) is 0 Å². The zero-order chi connectivity index (χ0) is 16.6. The number of rotatable bonds is 2. The average Bonchev–Trinajstić information content (AvgIpc) is 2.91. The minimum Gasteiger partial charge on any atom is -0.457 e. The molecule has 0 unspecified atom stereocenters. The Bertz CT molecular complexity index is 777. The molecule has 1 aliphatic rings. The van der Waals surface area contributed by atoms with Crippen molar-refractivity contribution in [2.45, 2.75) is 19.6 Å². The molecular weight excluding hydrogens is 411 g/mol. The van der Waals surface area contributed by atoms with Gasteiger partial charge in [-0.15, -0.1) is 0 Å². The minimum atomic E-state index is -1.25. The average molecular weight is 424 g/mol. The molecule has 1 aromatic carbocycles. The second-order valence-electron chi connectivity index (χ2n) is 5.45. The van der Waals surface area contributed by atoms with Gasteiger partial charge < -0.3 is 13.9 Å². The van der Waals surface area contributed by atoms with Crippen LogP contribution in [0.1, 0.15) is 19.6 Å². The van der Waals surface area contributed by atoms with Crippen LogP contribution in [0.25, 0.3) is 17.4 Å². The molecule has 3 rings (SSSR count). The predicted molar refractivity (Wildman–Crippen MR) is 91.1 cm³/mol. The molecule has 1 fully saturated rings. The first-order chi connectivity index (χ1) is 10.8. The number of halogens is 1. The van der Waals surface area contributed by atoms with E-state index in [4.69, 9.17) is 13.9 Å². The van der Waals surface area contributed by atoms with Crippen LogP contribution in [0, 0.1) is 3.57 Å². The summed E-state index contributed by atoms with van der Waals surface area (Å²) in [6.45, 7) is 3.00. The standard InChI is InChI=1S/C17H13IO5/c1-17(2)22-15(19)13(16(20)23-17)9-12-7-8-14(21-12)10-3-5-11(18)6-4-10/h3-9H,1-2H3. The maximum Gasteiger partial charge on any atom is 0.348 e. The maximum atomic E-state index is 11.9. The Kier molecular flexibility index (Phi) is 4.01. The fourth-order valence-electron chi connectivity index (χ4n) is 2.12. The lowest BCUT2D eigenvalue weighted by molar-refractivity contribution is -0.222. The van der Waals surface area contributed by atoms with Crippen LogP contribution in [0.2, 0.25) is 0 Å². The molecule has 5 nitrogen and oxygen atoms in total. The van der Waals surface area contributed by atoms with Crippen molar-refractivity contribution in [2.75, 3.05) is 0 Å². The number of furan rings is 1. The third kappa shape index (κ3) is 3.47. The first-order valence-corrected chi connectivity index (χ1v) is 7.96. The minimum absolute atomic E-state index is 0.187. The predicted octanol–water partition coefficient (Wildman–Crippen LogP) is 3.77. The number of carbonyl (C=O) groups excluding carboxylic acids is 2. The number of hydrogen-bond acceptors (Lipinski definition) is 5. The molecule has 0 N–H and O–H groups in total. The Hall–Kier alpha value is -2.09. The normalized spacial score (nSPS) is 16.7. The van der Waals surface area contributed by atoms with Crippen molar-refractivity contribution >= 4 is 40.6 Å². The van der Waals surface area contributed by atoms with Gasteiger partial charge in [-0.1, -0.05) is 12.1 Å². The van der Waals surface area contributed by atoms with Crippen molar-refractivity contribution < 1.29 is 23.5 Å². The summed E-state index contributed by atoms with van der Waals surface area (Å²) in [5.74, 6) is -1.67. The molecule has 0 aliphatic carbocycles. The molecule has 0 amide bonds. The van der Waals surface area contributed by atoms with E-state index in [9.17, 15) is 9.59 Å². The van der Waals surface area contributed by atoms with Gasteiger partial charge in [0.2, 0.25) is 0 Å². The summed E-state index contributed by atoms with van der Waals surface area (Å²) in [5, 5.41) is 0. The van der Waals surface area contributed by atoms with E-state index in [2.05, 4.69) is 22.6 Å². The lowest BCUT2D eigenvalue weighted by Gasteiger charge is -2.29. The van der Waals surface area contributed by atoms with Crippen molar-refractivity contribution in [3.05, 3.63) is 51.3 Å². The van der Waals surface area contributed by atoms with Crippen LogP contribution in [-0.4, -0.2) is 17.7 Å². The number of esters is 2. The quantitative estimate of drug-likeness (QED) is 0.318. The topological polar surface area (TPSA) is 65.7 Å². The number of cyclic esters (lactones) is 2. The van der Waals surface area contributed by atoms with Gasteiger partial charge in [0.05, 0.1) is 0 Å². The molecule has 0 radical (unpaired) electrons. The largest absolute Gasteiger partial charge is 0.457 e. The molecule has 0 saturated carbocycles. The number of hydrogen-bond donors (Lipinski definition) is 0. The third-order valence-electron chi connectivity index (χ3n) is 3.16. The second-order valence-corrected chi connectivity index (χ2v) is 6.69. The summed E-state index contributed by atoms with van der Waals surface area (Å²) in [7, 11) is 0. The van der Waals surface area contributed by atoms with Crippen LogP contribution in [0.15, 0.2) is 46.4 Å². The number of benzene rings is 1. The van der Waals surface area contributed by atoms with Gasteiger partial charge in [0.1, 0.15) is 17.1 Å². The van der Waals surface area contributed by atoms with Gasteiger partial charge in [0.25, 0.3) is 5.79 Å². The van der Waals surface area contributed by atoms with Crippen LogP contribution in [0.4, 0.5) is 0 Å². The molecule has 118 valence electrons. The highest BCUT2D eigenvalue weighted by Gasteiger charge is 2.39. The van der Waals surface area contributed by atoms with Gasteiger partial charge in [-0.25, -0.2) is 9.59 Å². The molecule has 1 saturated heterocycles. The van der Waals surface area contributed by atoms with E-state index in [-0.39, 0.29) is 5.57 Å². The van der Waals surface area contributed by atoms with Crippen molar-refractivity contribution in [1.29, 1.82) is 0 Å². The number of ether oxygens (including phenoxy) is 2. The van der Waals surface area contributed by atoms with Crippen molar-refractivity contribution in [3.63, 3.8) is 0 Å². The first-order valence-electron chi connectivity index (χ1n) is 6.88. The molecule has 2 aromatic rings. The van der Waals surface area contributed by atoms with E-state index >= 15 is 0 Å². The van der Waals surface area contributed by atoms with Crippen LogP contribution < -0.4 is 0 Å². The summed E-state index contributed by atoms with van der Waals surface area (Å²) >= 11 is 2.22. The van der Waals surface area contributed by atoms with Crippen LogP contribution in [-0.2, 0) is 19.1 Å². The Morgan fingerprint density at radius 3 is 2.17 bits per heavy atom. The Labute approximate surface area is 146 Å². The summed E-state index contributed by atoms with van der Waals surface area (Å²) in [5.41, 5.74) is 0.720. The smallest absolute Gasteiger partial charge is 0.348 e. The highest BCUT2D eigenvalue weighted by atomic mass is 127. The molecule has 6 heteroatoms.